The van der Waals surface area contributed by atoms with Gasteiger partial charge in [0.2, 0.25) is 0 Å². The lowest BCUT2D eigenvalue weighted by atomic mass is 10.6. The van der Waals surface area contributed by atoms with Gasteiger partial charge >= 0.3 is 0 Å². The molecule has 0 aliphatic heterocycles. The molecule has 14 heavy (non-hydrogen) atoms. The summed E-state index contributed by atoms with van der Waals surface area (Å²) in [6, 6.07) is 1.14. The van der Waals surface area contributed by atoms with Crippen LogP contribution in [0.2, 0.25) is 0 Å². The molecule has 1 heterocycles. The smallest absolute Gasteiger partial charge is 0.257 e. The van der Waals surface area contributed by atoms with Gasteiger partial charge in [-0.15, -0.1) is 0 Å². The molecule has 0 fully saturated rings. The summed E-state index contributed by atoms with van der Waals surface area (Å²) in [4.78, 5) is 0.359. The average molecular weight is 224 g/mol. The molecule has 0 atom stereocenters. The molecule has 1 rings (SSSR count). The van der Waals surface area contributed by atoms with Crippen molar-refractivity contribution < 1.29 is 16.6 Å². The lowest BCUT2D eigenvalue weighted by molar-refractivity contribution is 0.371. The van der Waals surface area contributed by atoms with Crippen molar-refractivity contribution >= 4 is 10.0 Å². The molecule has 0 saturated carbocycles. The third kappa shape index (κ3) is 3.09. The molecule has 0 aliphatic rings. The molecule has 0 aliphatic carbocycles. The number of likely N-dealkylation sites (N-methyl/N-ethyl adjacent to an activating group) is 1. The highest BCUT2D eigenvalue weighted by atomic mass is 32.2. The van der Waals surface area contributed by atoms with Gasteiger partial charge in [-0.3, -0.25) is 4.68 Å². The zero-order valence-electron chi connectivity index (χ0n) is 13.2. The molecule has 1 aromatic rings. The molecule has 6 nitrogen and oxygen atoms in total. The van der Waals surface area contributed by atoms with E-state index in [1.54, 1.807) is 0 Å². The number of sulfonamides is 1. The topological polar surface area (TPSA) is 81.2 Å². The first-order valence-corrected chi connectivity index (χ1v) is 5.20. The van der Waals surface area contributed by atoms with Crippen molar-refractivity contribution in [3.05, 3.63) is 12.3 Å². The van der Waals surface area contributed by atoms with E-state index in [2.05, 4.69) is 5.10 Å². The van der Waals surface area contributed by atoms with Crippen LogP contribution in [0, 0.1) is 0 Å². The summed E-state index contributed by atoms with van der Waals surface area (Å²) in [5.41, 5.74) is 0. The molecule has 0 aromatic carbocycles. The SMILES string of the molecule is [2H]C([2H])([2H])N(CCn1ccc(S(N)(=O)=O)n1)C([2H])([2H])[2H]. The van der Waals surface area contributed by atoms with Gasteiger partial charge in [0.25, 0.3) is 10.0 Å². The summed E-state index contributed by atoms with van der Waals surface area (Å²) in [6.45, 7) is -6.03. The first kappa shape index (κ1) is 5.24. The molecule has 1 aromatic heterocycles. The number of primary sulfonamides is 1. The molecule has 0 radical (unpaired) electrons. The summed E-state index contributed by atoms with van der Waals surface area (Å²) in [5.74, 6) is 0. The normalized spacial score (nSPS) is 20.4. The fourth-order valence-corrected chi connectivity index (χ4v) is 1.29. The Morgan fingerprint density at radius 3 is 2.93 bits per heavy atom. The van der Waals surface area contributed by atoms with Gasteiger partial charge in [-0.1, -0.05) is 0 Å². The number of aromatic nitrogens is 2. The Labute approximate surface area is 91.8 Å². The van der Waals surface area contributed by atoms with Crippen LogP contribution in [0.3, 0.4) is 0 Å². The van der Waals surface area contributed by atoms with E-state index in [0.29, 0.717) is 4.90 Å². The Kier molecular flexibility index (Phi) is 1.53. The largest absolute Gasteiger partial charge is 0.308 e. The zero-order valence-corrected chi connectivity index (χ0v) is 8.03. The molecule has 0 amide bonds. The molecule has 7 heteroatoms. The van der Waals surface area contributed by atoms with E-state index in [4.69, 9.17) is 13.4 Å². The van der Waals surface area contributed by atoms with Crippen LogP contribution >= 0.6 is 0 Å². The average Bonchev–Trinajstić information content (AvgIpc) is 2.61. The third-order valence-corrected chi connectivity index (χ3v) is 2.26. The minimum atomic E-state index is -3.95. The highest BCUT2D eigenvalue weighted by molar-refractivity contribution is 7.89. The van der Waals surface area contributed by atoms with E-state index in [-0.39, 0.29) is 18.1 Å². The van der Waals surface area contributed by atoms with Crippen LogP contribution in [0.25, 0.3) is 0 Å². The molecule has 0 unspecified atom stereocenters. The van der Waals surface area contributed by atoms with Gasteiger partial charge < -0.3 is 4.90 Å². The van der Waals surface area contributed by atoms with E-state index in [0.717, 1.165) is 10.7 Å². The minimum absolute atomic E-state index is 0.105. The van der Waals surface area contributed by atoms with E-state index in [1.807, 2.05) is 0 Å². The maximum Gasteiger partial charge on any atom is 0.257 e. The van der Waals surface area contributed by atoms with Crippen molar-refractivity contribution in [3.63, 3.8) is 0 Å². The standard InChI is InChI=1S/C7H14N4O2S/c1-10(2)5-6-11-4-3-7(9-11)14(8,12)13/h3-4H,5-6H2,1-2H3,(H2,8,12,13)/i1D3,2D3. The van der Waals surface area contributed by atoms with Gasteiger partial charge in [-0.25, -0.2) is 13.6 Å². The number of hydrogen-bond donors (Lipinski definition) is 1. The summed E-state index contributed by atoms with van der Waals surface area (Å²) in [7, 11) is -3.95. The second-order valence-corrected chi connectivity index (χ2v) is 4.12. The Bertz CT molecular complexity index is 549. The maximum absolute atomic E-state index is 11.0. The fourth-order valence-electron chi connectivity index (χ4n) is 0.822. The fraction of sp³-hybridized carbons (Fsp3) is 0.571. The van der Waals surface area contributed by atoms with Crippen molar-refractivity contribution in [3.8, 4) is 0 Å². The molecule has 80 valence electrons. The van der Waals surface area contributed by atoms with E-state index >= 15 is 0 Å². The van der Waals surface area contributed by atoms with E-state index in [9.17, 15) is 8.42 Å². The van der Waals surface area contributed by atoms with E-state index < -0.39 is 24.0 Å². The lowest BCUT2D eigenvalue weighted by Gasteiger charge is -2.08. The Balaban J connectivity index is 2.82. The van der Waals surface area contributed by atoms with Gasteiger partial charge in [0.1, 0.15) is 0 Å². The minimum Gasteiger partial charge on any atom is -0.308 e. The van der Waals surface area contributed by atoms with Crippen LogP contribution in [0.5, 0.6) is 0 Å². The maximum atomic E-state index is 11.0. The van der Waals surface area contributed by atoms with Crippen LogP contribution in [0.4, 0.5) is 0 Å². The summed E-state index contributed by atoms with van der Waals surface area (Å²) < 4.78 is 66.2. The number of hydrogen-bond acceptors (Lipinski definition) is 4. The predicted molar refractivity (Wildman–Crippen MR) is 52.2 cm³/mol. The van der Waals surface area contributed by atoms with Crippen molar-refractivity contribution in [2.45, 2.75) is 11.6 Å². The van der Waals surface area contributed by atoms with Crippen LogP contribution < -0.4 is 5.14 Å². The van der Waals surface area contributed by atoms with Crippen molar-refractivity contribution in [1.82, 2.24) is 14.7 Å². The van der Waals surface area contributed by atoms with Gasteiger partial charge in [0, 0.05) is 21.0 Å². The van der Waals surface area contributed by atoms with Crippen molar-refractivity contribution in [2.24, 2.45) is 5.14 Å². The molecule has 0 spiro atoms. The van der Waals surface area contributed by atoms with Crippen LogP contribution in [0.1, 0.15) is 8.22 Å². The highest BCUT2D eigenvalue weighted by Gasteiger charge is 2.10. The molecular formula is C7H14N4O2S. The van der Waals surface area contributed by atoms with Crippen molar-refractivity contribution in [2.75, 3.05) is 20.5 Å². The molecule has 0 saturated heterocycles. The zero-order chi connectivity index (χ0) is 15.8. The van der Waals surface area contributed by atoms with Gasteiger partial charge in [0.15, 0.2) is 5.03 Å². The quantitative estimate of drug-likeness (QED) is 0.718. The monoisotopic (exact) mass is 224 g/mol. The number of nitrogens with zero attached hydrogens (tertiary/aromatic N) is 3. The predicted octanol–water partition coefficient (Wildman–Crippen LogP) is -0.908. The second-order valence-electron chi connectivity index (χ2n) is 2.61. The van der Waals surface area contributed by atoms with Crippen molar-refractivity contribution in [1.29, 1.82) is 0 Å². The van der Waals surface area contributed by atoms with Gasteiger partial charge in [-0.2, -0.15) is 5.10 Å². The Morgan fingerprint density at radius 2 is 2.43 bits per heavy atom. The first-order valence-electron chi connectivity index (χ1n) is 6.66. The Morgan fingerprint density at radius 1 is 1.71 bits per heavy atom. The van der Waals surface area contributed by atoms with Gasteiger partial charge in [-0.05, 0) is 20.0 Å². The number of nitrogens with two attached hydrogens (primary N) is 1. The Hall–Kier alpha value is -0.920. The summed E-state index contributed by atoms with van der Waals surface area (Å²) in [6.07, 6.45) is 1.27. The third-order valence-electron chi connectivity index (χ3n) is 1.46. The summed E-state index contributed by atoms with van der Waals surface area (Å²) in [5, 5.41) is 8.13. The molecular weight excluding hydrogens is 204 g/mol. The van der Waals surface area contributed by atoms with E-state index in [1.165, 1.54) is 6.20 Å². The molecule has 2 N–H and O–H groups in total. The lowest BCUT2D eigenvalue weighted by Crippen LogP contribution is -2.19. The van der Waals surface area contributed by atoms with Crippen LogP contribution in [-0.2, 0) is 16.6 Å². The number of rotatable bonds is 4. The summed E-state index contributed by atoms with van der Waals surface area (Å²) >= 11 is 0. The molecule has 0 bridgehead atoms. The van der Waals surface area contributed by atoms with Crippen LogP contribution in [-0.4, -0.2) is 43.6 Å². The first-order chi connectivity index (χ1) is 8.82. The highest BCUT2D eigenvalue weighted by Crippen LogP contribution is 2.01. The van der Waals surface area contributed by atoms with Crippen LogP contribution in [0.15, 0.2) is 17.3 Å². The van der Waals surface area contributed by atoms with Gasteiger partial charge in [0.05, 0.1) is 6.54 Å². The second kappa shape index (κ2) is 4.07.